The number of rotatable bonds is 1. The first-order chi connectivity index (χ1) is 6.20. The number of nitrogens with two attached hydrogens (primary N) is 1. The Morgan fingerprint density at radius 1 is 1.62 bits per heavy atom. The number of nitrogen functional groups attached to an aromatic ring is 1. The summed E-state index contributed by atoms with van der Waals surface area (Å²) >= 11 is 5.12. The van der Waals surface area contributed by atoms with Crippen LogP contribution in [0.2, 0.25) is 0 Å². The van der Waals surface area contributed by atoms with Crippen molar-refractivity contribution in [1.29, 1.82) is 0 Å². The molecule has 0 aliphatic carbocycles. The molecule has 2 aromatic heterocycles. The molecule has 3 N–H and O–H groups in total. The van der Waals surface area contributed by atoms with Crippen molar-refractivity contribution in [3.05, 3.63) is 21.5 Å². The van der Waals surface area contributed by atoms with Gasteiger partial charge in [0.1, 0.15) is 5.82 Å². The molecule has 0 saturated carbocycles. The predicted molar refractivity (Wildman–Crippen MR) is 58.8 cm³/mol. The van der Waals surface area contributed by atoms with Gasteiger partial charge < -0.3 is 5.73 Å². The van der Waals surface area contributed by atoms with Crippen molar-refractivity contribution in [2.24, 2.45) is 0 Å². The molecule has 0 unspecified atom stereocenters. The first-order valence-corrected chi connectivity index (χ1v) is 5.41. The lowest BCUT2D eigenvalue weighted by atomic mass is 10.2. The van der Waals surface area contributed by atoms with E-state index >= 15 is 0 Å². The summed E-state index contributed by atoms with van der Waals surface area (Å²) in [7, 11) is 0. The lowest BCUT2D eigenvalue weighted by molar-refractivity contribution is 1.10. The van der Waals surface area contributed by atoms with E-state index in [-0.39, 0.29) is 0 Å². The van der Waals surface area contributed by atoms with Crippen LogP contribution in [0, 0.1) is 6.92 Å². The van der Waals surface area contributed by atoms with Crippen LogP contribution in [0.3, 0.4) is 0 Å². The van der Waals surface area contributed by atoms with Gasteiger partial charge in [-0.3, -0.25) is 5.10 Å². The summed E-state index contributed by atoms with van der Waals surface area (Å²) in [5.74, 6) is 0.565. The molecule has 0 aliphatic heterocycles. The average molecular weight is 258 g/mol. The first kappa shape index (κ1) is 8.77. The minimum Gasteiger partial charge on any atom is -0.382 e. The maximum absolute atomic E-state index is 5.64. The van der Waals surface area contributed by atoms with E-state index in [0.29, 0.717) is 5.82 Å². The highest BCUT2D eigenvalue weighted by molar-refractivity contribution is 9.10. The molecule has 0 bridgehead atoms. The van der Waals surface area contributed by atoms with Crippen molar-refractivity contribution in [3.8, 4) is 10.6 Å². The number of nitrogens with zero attached hydrogens (tertiary/aromatic N) is 1. The van der Waals surface area contributed by atoms with E-state index in [4.69, 9.17) is 5.73 Å². The molecule has 0 aromatic carbocycles. The Bertz CT molecular complexity index is 432. The molecule has 68 valence electrons. The Balaban J connectivity index is 2.59. The minimum atomic E-state index is 0.565. The van der Waals surface area contributed by atoms with Crippen LogP contribution in [-0.2, 0) is 0 Å². The lowest BCUT2D eigenvalue weighted by Crippen LogP contribution is -1.85. The van der Waals surface area contributed by atoms with E-state index in [1.54, 1.807) is 11.3 Å². The molecule has 0 fully saturated rings. The molecule has 2 aromatic rings. The van der Waals surface area contributed by atoms with Crippen LogP contribution < -0.4 is 5.73 Å². The fraction of sp³-hybridized carbons (Fsp3) is 0.125. The van der Waals surface area contributed by atoms with Crippen LogP contribution in [0.4, 0.5) is 5.82 Å². The van der Waals surface area contributed by atoms with Crippen molar-refractivity contribution in [2.75, 3.05) is 5.73 Å². The van der Waals surface area contributed by atoms with Crippen LogP contribution in [-0.4, -0.2) is 10.2 Å². The number of H-pyrrole nitrogens is 1. The van der Waals surface area contributed by atoms with Crippen molar-refractivity contribution >= 4 is 33.1 Å². The SMILES string of the molecule is Cc1c(N)n[nH]c1-c1sccc1Br. The van der Waals surface area contributed by atoms with Gasteiger partial charge in [-0.15, -0.1) is 11.3 Å². The molecule has 0 spiro atoms. The van der Waals surface area contributed by atoms with Crippen molar-refractivity contribution < 1.29 is 0 Å². The molecule has 0 atom stereocenters. The zero-order valence-electron chi connectivity index (χ0n) is 6.97. The zero-order chi connectivity index (χ0) is 9.42. The van der Waals surface area contributed by atoms with Gasteiger partial charge in [0.15, 0.2) is 0 Å². The summed E-state index contributed by atoms with van der Waals surface area (Å²) in [5.41, 5.74) is 7.65. The molecule has 0 saturated heterocycles. The van der Waals surface area contributed by atoms with Crippen LogP contribution >= 0.6 is 27.3 Å². The predicted octanol–water partition coefficient (Wildman–Crippen LogP) is 2.79. The van der Waals surface area contributed by atoms with Crippen molar-refractivity contribution in [1.82, 2.24) is 10.2 Å². The van der Waals surface area contributed by atoms with Crippen molar-refractivity contribution in [2.45, 2.75) is 6.92 Å². The Morgan fingerprint density at radius 2 is 2.38 bits per heavy atom. The van der Waals surface area contributed by atoms with Crippen LogP contribution in [0.5, 0.6) is 0 Å². The molecule has 0 aliphatic rings. The fourth-order valence-electron chi connectivity index (χ4n) is 1.11. The number of nitrogens with one attached hydrogen (secondary N) is 1. The molecular formula is C8H8BrN3S. The maximum Gasteiger partial charge on any atom is 0.148 e. The summed E-state index contributed by atoms with van der Waals surface area (Å²) in [5, 5.41) is 8.90. The van der Waals surface area contributed by atoms with Gasteiger partial charge in [0.05, 0.1) is 10.6 Å². The lowest BCUT2D eigenvalue weighted by Gasteiger charge is -1.95. The summed E-state index contributed by atoms with van der Waals surface area (Å²) in [4.78, 5) is 1.14. The van der Waals surface area contributed by atoms with Crippen LogP contribution in [0.15, 0.2) is 15.9 Å². The summed E-state index contributed by atoms with van der Waals surface area (Å²) in [6, 6.07) is 2.01. The molecule has 0 amide bonds. The Hall–Kier alpha value is -0.810. The van der Waals surface area contributed by atoms with Gasteiger partial charge in [-0.05, 0) is 34.3 Å². The fourth-order valence-corrected chi connectivity index (χ4v) is 2.73. The number of halogens is 1. The highest BCUT2D eigenvalue weighted by Gasteiger charge is 2.11. The largest absolute Gasteiger partial charge is 0.382 e. The van der Waals surface area contributed by atoms with E-state index in [1.807, 2.05) is 18.4 Å². The molecule has 0 radical (unpaired) electrons. The van der Waals surface area contributed by atoms with Gasteiger partial charge in [-0.1, -0.05) is 0 Å². The molecule has 3 nitrogen and oxygen atoms in total. The summed E-state index contributed by atoms with van der Waals surface area (Å²) in [6.45, 7) is 1.96. The monoisotopic (exact) mass is 257 g/mol. The number of aromatic nitrogens is 2. The third-order valence-electron chi connectivity index (χ3n) is 1.89. The van der Waals surface area contributed by atoms with Gasteiger partial charge in [0, 0.05) is 10.0 Å². The average Bonchev–Trinajstić information content (AvgIpc) is 2.62. The smallest absolute Gasteiger partial charge is 0.148 e. The number of hydrogen-bond acceptors (Lipinski definition) is 3. The summed E-state index contributed by atoms with van der Waals surface area (Å²) < 4.78 is 1.07. The second-order valence-corrected chi connectivity index (χ2v) is 4.48. The van der Waals surface area contributed by atoms with Gasteiger partial charge in [-0.2, -0.15) is 5.10 Å². The molecule has 5 heteroatoms. The minimum absolute atomic E-state index is 0.565. The van der Waals surface area contributed by atoms with E-state index in [2.05, 4.69) is 26.1 Å². The normalized spacial score (nSPS) is 10.6. The molecule has 2 rings (SSSR count). The maximum atomic E-state index is 5.64. The van der Waals surface area contributed by atoms with E-state index in [9.17, 15) is 0 Å². The van der Waals surface area contributed by atoms with Crippen LogP contribution in [0.25, 0.3) is 10.6 Å². The van der Waals surface area contributed by atoms with Gasteiger partial charge in [0.2, 0.25) is 0 Å². The highest BCUT2D eigenvalue weighted by Crippen LogP contribution is 2.35. The molecule has 2 heterocycles. The standard InChI is InChI=1S/C8H8BrN3S/c1-4-6(11-12-8(4)10)7-5(9)2-3-13-7/h2-3H,1H3,(H3,10,11,12). The molecular weight excluding hydrogens is 250 g/mol. The first-order valence-electron chi connectivity index (χ1n) is 3.74. The third kappa shape index (κ3) is 1.38. The van der Waals surface area contributed by atoms with E-state index in [0.717, 1.165) is 20.6 Å². The van der Waals surface area contributed by atoms with E-state index in [1.165, 1.54) is 0 Å². The summed E-state index contributed by atoms with van der Waals surface area (Å²) in [6.07, 6.45) is 0. The van der Waals surface area contributed by atoms with Crippen molar-refractivity contribution in [3.63, 3.8) is 0 Å². The number of aromatic amines is 1. The number of anilines is 1. The zero-order valence-corrected chi connectivity index (χ0v) is 9.37. The number of thiophene rings is 1. The highest BCUT2D eigenvalue weighted by atomic mass is 79.9. The third-order valence-corrected chi connectivity index (χ3v) is 3.75. The Labute approximate surface area is 88.1 Å². The van der Waals surface area contributed by atoms with E-state index < -0.39 is 0 Å². The van der Waals surface area contributed by atoms with Crippen LogP contribution in [0.1, 0.15) is 5.56 Å². The topological polar surface area (TPSA) is 54.7 Å². The second-order valence-electron chi connectivity index (χ2n) is 2.71. The Morgan fingerprint density at radius 3 is 2.85 bits per heavy atom. The second kappa shape index (κ2) is 3.16. The Kier molecular flexibility index (Phi) is 2.13. The van der Waals surface area contributed by atoms with Gasteiger partial charge >= 0.3 is 0 Å². The number of hydrogen-bond donors (Lipinski definition) is 2. The molecule has 13 heavy (non-hydrogen) atoms. The van der Waals surface area contributed by atoms with Gasteiger partial charge in [-0.25, -0.2) is 0 Å². The van der Waals surface area contributed by atoms with Gasteiger partial charge in [0.25, 0.3) is 0 Å². The quantitative estimate of drug-likeness (QED) is 0.826.